The zero-order chi connectivity index (χ0) is 22.7. The Morgan fingerprint density at radius 2 is 1.56 bits per heavy atom. The minimum atomic E-state index is -0.259. The van der Waals surface area contributed by atoms with Crippen LogP contribution in [0.25, 0.3) is 10.1 Å². The lowest BCUT2D eigenvalue weighted by molar-refractivity contribution is 0.0669. The zero-order valence-electron chi connectivity index (χ0n) is 18.1. The molecular formula is C22H24N4O5S. The number of nitrogens with zero attached hydrogens (tertiary/aromatic N) is 3. The number of nitrogens with one attached hydrogen (secondary N) is 1. The molecule has 0 radical (unpaired) electrons. The molecule has 168 valence electrons. The number of hydrogen-bond donors (Lipinski definition) is 1. The smallest absolute Gasteiger partial charge is 0.321 e. The van der Waals surface area contributed by atoms with E-state index in [0.717, 1.165) is 10.1 Å². The summed E-state index contributed by atoms with van der Waals surface area (Å²) in [4.78, 5) is 29.2. The maximum absolute atomic E-state index is 13.0. The van der Waals surface area contributed by atoms with Gasteiger partial charge in [0.2, 0.25) is 5.75 Å². The third-order valence-corrected chi connectivity index (χ3v) is 6.18. The van der Waals surface area contributed by atoms with Gasteiger partial charge in [-0.2, -0.15) is 4.37 Å². The Kier molecular flexibility index (Phi) is 6.31. The average molecular weight is 457 g/mol. The van der Waals surface area contributed by atoms with Gasteiger partial charge in [0.25, 0.3) is 5.91 Å². The fraction of sp³-hybridized carbons (Fsp3) is 0.318. The highest BCUT2D eigenvalue weighted by Gasteiger charge is 2.27. The summed E-state index contributed by atoms with van der Waals surface area (Å²) in [6.45, 7) is 1.72. The van der Waals surface area contributed by atoms with Crippen molar-refractivity contribution in [2.75, 3.05) is 52.8 Å². The number of urea groups is 1. The van der Waals surface area contributed by atoms with Crippen LogP contribution in [0.3, 0.4) is 0 Å². The molecular weight excluding hydrogens is 432 g/mol. The molecule has 1 N–H and O–H groups in total. The maximum atomic E-state index is 13.0. The molecule has 4 rings (SSSR count). The second kappa shape index (κ2) is 9.31. The lowest BCUT2D eigenvalue weighted by Gasteiger charge is -2.34. The topological polar surface area (TPSA) is 93.2 Å². The van der Waals surface area contributed by atoms with E-state index in [4.69, 9.17) is 14.2 Å². The number of benzene rings is 2. The highest BCUT2D eigenvalue weighted by molar-refractivity contribution is 7.13. The third-order valence-electron chi connectivity index (χ3n) is 5.35. The van der Waals surface area contributed by atoms with Gasteiger partial charge in [0.1, 0.15) is 5.69 Å². The van der Waals surface area contributed by atoms with Crippen LogP contribution >= 0.6 is 11.5 Å². The van der Waals surface area contributed by atoms with Crippen LogP contribution in [0, 0.1) is 0 Å². The molecule has 3 amide bonds. The SMILES string of the molecule is COc1cc(NC(=O)N2CCN(C(=O)c3nsc4ccccc34)CC2)cc(OC)c1OC. The summed E-state index contributed by atoms with van der Waals surface area (Å²) < 4.78 is 21.3. The van der Waals surface area contributed by atoms with Crippen LogP contribution in [-0.2, 0) is 0 Å². The molecule has 0 saturated carbocycles. The summed E-state index contributed by atoms with van der Waals surface area (Å²) in [5.41, 5.74) is 0.998. The largest absolute Gasteiger partial charge is 0.493 e. The van der Waals surface area contributed by atoms with E-state index in [1.165, 1.54) is 32.9 Å². The normalized spacial score (nSPS) is 13.7. The van der Waals surface area contributed by atoms with Crippen molar-refractivity contribution in [1.29, 1.82) is 0 Å². The van der Waals surface area contributed by atoms with Gasteiger partial charge in [-0.05, 0) is 17.6 Å². The van der Waals surface area contributed by atoms with Crippen molar-refractivity contribution in [2.45, 2.75) is 0 Å². The first-order valence-electron chi connectivity index (χ1n) is 10.0. The van der Waals surface area contributed by atoms with Gasteiger partial charge in [-0.3, -0.25) is 4.79 Å². The van der Waals surface area contributed by atoms with E-state index in [9.17, 15) is 9.59 Å². The molecule has 0 bridgehead atoms. The Bertz CT molecular complexity index is 1120. The van der Waals surface area contributed by atoms with E-state index in [2.05, 4.69) is 9.69 Å². The van der Waals surface area contributed by atoms with E-state index < -0.39 is 0 Å². The average Bonchev–Trinajstić information content (AvgIpc) is 3.27. The first-order valence-corrected chi connectivity index (χ1v) is 10.8. The Morgan fingerprint density at radius 3 is 2.19 bits per heavy atom. The van der Waals surface area contributed by atoms with Gasteiger partial charge in [-0.25, -0.2) is 4.79 Å². The van der Waals surface area contributed by atoms with Crippen LogP contribution in [0.4, 0.5) is 10.5 Å². The zero-order valence-corrected chi connectivity index (χ0v) is 18.9. The number of fused-ring (bicyclic) bond motifs is 1. The summed E-state index contributed by atoms with van der Waals surface area (Å²) in [6, 6.07) is 10.8. The van der Waals surface area contributed by atoms with Gasteiger partial charge in [0, 0.05) is 43.7 Å². The molecule has 1 aliphatic heterocycles. The fourth-order valence-electron chi connectivity index (χ4n) is 3.66. The number of aromatic nitrogens is 1. The number of piperazine rings is 1. The summed E-state index contributed by atoms with van der Waals surface area (Å²) >= 11 is 1.32. The maximum Gasteiger partial charge on any atom is 0.321 e. The van der Waals surface area contributed by atoms with Gasteiger partial charge in [-0.15, -0.1) is 0 Å². The van der Waals surface area contributed by atoms with Crippen LogP contribution in [0.2, 0.25) is 0 Å². The van der Waals surface area contributed by atoms with Crippen molar-refractivity contribution in [3.8, 4) is 17.2 Å². The first kappa shape index (κ1) is 21.7. The molecule has 1 saturated heterocycles. The molecule has 32 heavy (non-hydrogen) atoms. The molecule has 2 aromatic carbocycles. The van der Waals surface area contributed by atoms with Crippen molar-refractivity contribution in [2.24, 2.45) is 0 Å². The van der Waals surface area contributed by atoms with Gasteiger partial charge in [0.05, 0.1) is 31.7 Å². The summed E-state index contributed by atoms with van der Waals surface area (Å²) in [6.07, 6.45) is 0. The van der Waals surface area contributed by atoms with E-state index in [1.807, 2.05) is 24.3 Å². The minimum absolute atomic E-state index is 0.105. The van der Waals surface area contributed by atoms with Crippen LogP contribution in [0.1, 0.15) is 10.5 Å². The number of rotatable bonds is 5. The van der Waals surface area contributed by atoms with Crippen LogP contribution in [0.5, 0.6) is 17.2 Å². The molecule has 1 aromatic heterocycles. The highest BCUT2D eigenvalue weighted by atomic mass is 32.1. The van der Waals surface area contributed by atoms with E-state index in [0.29, 0.717) is 54.8 Å². The molecule has 0 unspecified atom stereocenters. The number of hydrogen-bond acceptors (Lipinski definition) is 7. The van der Waals surface area contributed by atoms with Gasteiger partial charge < -0.3 is 29.3 Å². The Labute approximate surface area is 189 Å². The van der Waals surface area contributed by atoms with Crippen molar-refractivity contribution < 1.29 is 23.8 Å². The fourth-order valence-corrected chi connectivity index (χ4v) is 4.43. The molecule has 0 spiro atoms. The molecule has 9 nitrogen and oxygen atoms in total. The van der Waals surface area contributed by atoms with E-state index in [-0.39, 0.29) is 11.9 Å². The van der Waals surface area contributed by atoms with Crippen molar-refractivity contribution in [1.82, 2.24) is 14.2 Å². The van der Waals surface area contributed by atoms with Crippen LogP contribution < -0.4 is 19.5 Å². The highest BCUT2D eigenvalue weighted by Crippen LogP contribution is 2.40. The lowest BCUT2D eigenvalue weighted by atomic mass is 10.2. The number of methoxy groups -OCH3 is 3. The summed E-state index contributed by atoms with van der Waals surface area (Å²) in [5.74, 6) is 1.25. The third kappa shape index (κ3) is 4.13. The lowest BCUT2D eigenvalue weighted by Crippen LogP contribution is -2.51. The molecule has 0 atom stereocenters. The molecule has 3 aromatic rings. The number of carbonyl (C=O) groups excluding carboxylic acids is 2. The second-order valence-electron chi connectivity index (χ2n) is 7.15. The molecule has 1 fully saturated rings. The number of amides is 3. The Hall–Kier alpha value is -3.53. The van der Waals surface area contributed by atoms with Crippen molar-refractivity contribution in [3.05, 3.63) is 42.1 Å². The van der Waals surface area contributed by atoms with Gasteiger partial charge in [0.15, 0.2) is 11.5 Å². The quantitative estimate of drug-likeness (QED) is 0.633. The molecule has 1 aliphatic rings. The standard InChI is InChI=1S/C22H24N4O5S/c1-29-16-12-14(13-17(30-2)20(16)31-3)23-22(28)26-10-8-25(9-11-26)21(27)19-15-6-4-5-7-18(15)32-24-19/h4-7,12-13H,8-11H2,1-3H3,(H,23,28). The molecule has 10 heteroatoms. The first-order chi connectivity index (χ1) is 15.5. The Balaban J connectivity index is 1.40. The van der Waals surface area contributed by atoms with Crippen molar-refractivity contribution >= 4 is 39.2 Å². The van der Waals surface area contributed by atoms with Crippen LogP contribution in [0.15, 0.2) is 36.4 Å². The summed E-state index contributed by atoms with van der Waals surface area (Å²) in [5, 5.41) is 3.73. The van der Waals surface area contributed by atoms with Crippen LogP contribution in [-0.4, -0.2) is 73.6 Å². The molecule has 2 heterocycles. The predicted octanol–water partition coefficient (Wildman–Crippen LogP) is 3.31. The van der Waals surface area contributed by atoms with E-state index >= 15 is 0 Å². The minimum Gasteiger partial charge on any atom is -0.493 e. The Morgan fingerprint density at radius 1 is 0.938 bits per heavy atom. The predicted molar refractivity (Wildman–Crippen MR) is 122 cm³/mol. The number of anilines is 1. The summed E-state index contributed by atoms with van der Waals surface area (Å²) in [7, 11) is 4.56. The van der Waals surface area contributed by atoms with E-state index in [1.54, 1.807) is 21.9 Å². The van der Waals surface area contributed by atoms with Gasteiger partial charge >= 0.3 is 6.03 Å². The van der Waals surface area contributed by atoms with Crippen molar-refractivity contribution in [3.63, 3.8) is 0 Å². The molecule has 0 aliphatic carbocycles. The number of carbonyl (C=O) groups is 2. The second-order valence-corrected chi connectivity index (χ2v) is 7.96. The van der Waals surface area contributed by atoms with Gasteiger partial charge in [-0.1, -0.05) is 18.2 Å². The monoisotopic (exact) mass is 456 g/mol. The number of ether oxygens (including phenoxy) is 3.